The quantitative estimate of drug-likeness (QED) is 0.841. The first-order valence-corrected chi connectivity index (χ1v) is 8.22. The highest BCUT2D eigenvalue weighted by Crippen LogP contribution is 2.42. The van der Waals surface area contributed by atoms with E-state index in [4.69, 9.17) is 4.42 Å². The van der Waals surface area contributed by atoms with Gasteiger partial charge in [0.05, 0.1) is 23.6 Å². The van der Waals surface area contributed by atoms with Gasteiger partial charge in [0.2, 0.25) is 5.91 Å². The SMILES string of the molecule is Cn1cc(N2CCC3(CCCN(C(=O)c4ccco4)C3)C2=O)cn1. The molecule has 7 heteroatoms. The zero-order valence-corrected chi connectivity index (χ0v) is 13.6. The molecule has 0 aliphatic carbocycles. The second-order valence-corrected chi connectivity index (χ2v) is 6.67. The molecule has 2 fully saturated rings. The number of anilines is 1. The van der Waals surface area contributed by atoms with Crippen LogP contribution in [0, 0.1) is 5.41 Å². The van der Waals surface area contributed by atoms with Gasteiger partial charge >= 0.3 is 0 Å². The molecule has 2 aromatic rings. The standard InChI is InChI=1S/C17H20N4O3/c1-19-11-13(10-18-19)21-8-6-17(16(21)23)5-3-7-20(12-17)15(22)14-4-2-9-24-14/h2,4,9-11H,3,5-8,12H2,1H3. The van der Waals surface area contributed by atoms with Gasteiger partial charge in [0.1, 0.15) is 0 Å². The van der Waals surface area contributed by atoms with Gasteiger partial charge in [0.15, 0.2) is 5.76 Å². The molecule has 7 nitrogen and oxygen atoms in total. The van der Waals surface area contributed by atoms with Gasteiger partial charge < -0.3 is 14.2 Å². The average molecular weight is 328 g/mol. The third kappa shape index (κ3) is 2.31. The number of aryl methyl sites for hydroxylation is 1. The summed E-state index contributed by atoms with van der Waals surface area (Å²) in [4.78, 5) is 29.2. The molecule has 0 radical (unpaired) electrons. The monoisotopic (exact) mass is 328 g/mol. The molecule has 0 saturated carbocycles. The number of piperidine rings is 1. The number of furan rings is 1. The normalized spacial score (nSPS) is 24.1. The Labute approximate surface area is 139 Å². The summed E-state index contributed by atoms with van der Waals surface area (Å²) in [6.45, 7) is 1.80. The fourth-order valence-electron chi connectivity index (χ4n) is 3.85. The second kappa shape index (κ2) is 5.51. The van der Waals surface area contributed by atoms with Crippen molar-refractivity contribution in [3.63, 3.8) is 0 Å². The molecular formula is C17H20N4O3. The van der Waals surface area contributed by atoms with Crippen molar-refractivity contribution in [3.05, 3.63) is 36.5 Å². The van der Waals surface area contributed by atoms with E-state index in [-0.39, 0.29) is 11.8 Å². The number of hydrogen-bond acceptors (Lipinski definition) is 4. The Morgan fingerprint density at radius 1 is 1.33 bits per heavy atom. The number of amides is 2. The lowest BCUT2D eigenvalue weighted by molar-refractivity contribution is -0.127. The van der Waals surface area contributed by atoms with Gasteiger partial charge in [-0.2, -0.15) is 5.10 Å². The van der Waals surface area contributed by atoms with Crippen LogP contribution in [0.15, 0.2) is 35.2 Å². The topological polar surface area (TPSA) is 71.6 Å². The molecule has 1 atom stereocenters. The Morgan fingerprint density at radius 3 is 2.92 bits per heavy atom. The molecule has 2 aliphatic rings. The van der Waals surface area contributed by atoms with Crippen LogP contribution in [-0.4, -0.2) is 46.1 Å². The average Bonchev–Trinajstić information content (AvgIpc) is 3.31. The summed E-state index contributed by atoms with van der Waals surface area (Å²) in [5.41, 5.74) is 0.352. The summed E-state index contributed by atoms with van der Waals surface area (Å²) in [5.74, 6) is 0.306. The van der Waals surface area contributed by atoms with E-state index in [0.717, 1.165) is 24.9 Å². The van der Waals surface area contributed by atoms with Crippen LogP contribution in [-0.2, 0) is 11.8 Å². The molecule has 126 valence electrons. The van der Waals surface area contributed by atoms with Crippen LogP contribution >= 0.6 is 0 Å². The summed E-state index contributed by atoms with van der Waals surface area (Å²) in [6.07, 6.45) is 7.49. The lowest BCUT2D eigenvalue weighted by Crippen LogP contribution is -2.49. The Bertz CT molecular complexity index is 767. The van der Waals surface area contributed by atoms with E-state index < -0.39 is 5.41 Å². The number of rotatable bonds is 2. The molecule has 2 amide bonds. The van der Waals surface area contributed by atoms with Crippen LogP contribution in [0.25, 0.3) is 0 Å². The number of nitrogens with zero attached hydrogens (tertiary/aromatic N) is 4. The minimum Gasteiger partial charge on any atom is -0.459 e. The van der Waals surface area contributed by atoms with E-state index in [1.165, 1.54) is 6.26 Å². The molecule has 1 spiro atoms. The molecule has 4 rings (SSSR count). The van der Waals surface area contributed by atoms with Crippen molar-refractivity contribution in [2.24, 2.45) is 12.5 Å². The van der Waals surface area contributed by atoms with E-state index >= 15 is 0 Å². The highest BCUT2D eigenvalue weighted by molar-refractivity contribution is 6.00. The molecule has 0 aromatic carbocycles. The Morgan fingerprint density at radius 2 is 2.21 bits per heavy atom. The van der Waals surface area contributed by atoms with Crippen molar-refractivity contribution in [2.75, 3.05) is 24.5 Å². The number of carbonyl (C=O) groups is 2. The van der Waals surface area contributed by atoms with Gasteiger partial charge in [-0.05, 0) is 31.4 Å². The lowest BCUT2D eigenvalue weighted by Gasteiger charge is -2.38. The zero-order valence-electron chi connectivity index (χ0n) is 13.6. The van der Waals surface area contributed by atoms with Crippen molar-refractivity contribution in [2.45, 2.75) is 19.3 Å². The zero-order chi connectivity index (χ0) is 16.7. The fraction of sp³-hybridized carbons (Fsp3) is 0.471. The second-order valence-electron chi connectivity index (χ2n) is 6.67. The molecule has 24 heavy (non-hydrogen) atoms. The molecule has 2 aliphatic heterocycles. The predicted octanol–water partition coefficient (Wildman–Crippen LogP) is 1.67. The van der Waals surface area contributed by atoms with Crippen LogP contribution < -0.4 is 4.90 Å². The van der Waals surface area contributed by atoms with Crippen molar-refractivity contribution in [1.82, 2.24) is 14.7 Å². The summed E-state index contributed by atoms with van der Waals surface area (Å²) in [6, 6.07) is 3.37. The minimum atomic E-state index is -0.476. The maximum atomic E-state index is 13.1. The van der Waals surface area contributed by atoms with E-state index in [1.807, 2.05) is 13.2 Å². The van der Waals surface area contributed by atoms with Crippen LogP contribution in [0.1, 0.15) is 29.8 Å². The van der Waals surface area contributed by atoms with Crippen LogP contribution in [0.2, 0.25) is 0 Å². The van der Waals surface area contributed by atoms with E-state index in [9.17, 15) is 9.59 Å². The third-order valence-electron chi connectivity index (χ3n) is 5.11. The molecule has 0 bridgehead atoms. The summed E-state index contributed by atoms with van der Waals surface area (Å²) in [7, 11) is 1.84. The number of carbonyl (C=O) groups excluding carboxylic acids is 2. The maximum absolute atomic E-state index is 13.1. The van der Waals surface area contributed by atoms with Gasteiger partial charge in [-0.15, -0.1) is 0 Å². The molecule has 2 saturated heterocycles. The van der Waals surface area contributed by atoms with Crippen LogP contribution in [0.5, 0.6) is 0 Å². The summed E-state index contributed by atoms with van der Waals surface area (Å²) < 4.78 is 6.92. The fourth-order valence-corrected chi connectivity index (χ4v) is 3.85. The highest BCUT2D eigenvalue weighted by atomic mass is 16.3. The Hall–Kier alpha value is -2.57. The molecule has 2 aromatic heterocycles. The van der Waals surface area contributed by atoms with Crippen molar-refractivity contribution in [1.29, 1.82) is 0 Å². The van der Waals surface area contributed by atoms with E-state index in [1.54, 1.807) is 32.8 Å². The van der Waals surface area contributed by atoms with E-state index in [0.29, 0.717) is 25.4 Å². The van der Waals surface area contributed by atoms with Crippen LogP contribution in [0.4, 0.5) is 5.69 Å². The van der Waals surface area contributed by atoms with Gasteiger partial charge in [0.25, 0.3) is 5.91 Å². The van der Waals surface area contributed by atoms with Crippen molar-refractivity contribution >= 4 is 17.5 Å². The first kappa shape index (κ1) is 15.0. The number of aromatic nitrogens is 2. The highest BCUT2D eigenvalue weighted by Gasteiger charge is 2.50. The minimum absolute atomic E-state index is 0.104. The summed E-state index contributed by atoms with van der Waals surface area (Å²) in [5, 5.41) is 4.15. The van der Waals surface area contributed by atoms with Gasteiger partial charge in [-0.1, -0.05) is 0 Å². The molecule has 1 unspecified atom stereocenters. The number of hydrogen-bond donors (Lipinski definition) is 0. The number of likely N-dealkylation sites (tertiary alicyclic amines) is 1. The maximum Gasteiger partial charge on any atom is 0.289 e. The van der Waals surface area contributed by atoms with E-state index in [2.05, 4.69) is 5.10 Å². The predicted molar refractivity (Wildman–Crippen MR) is 86.5 cm³/mol. The third-order valence-corrected chi connectivity index (χ3v) is 5.11. The van der Waals surface area contributed by atoms with Crippen LogP contribution in [0.3, 0.4) is 0 Å². The Balaban J connectivity index is 1.55. The van der Waals surface area contributed by atoms with Gasteiger partial charge in [0, 0.05) is 32.9 Å². The Kier molecular flexibility index (Phi) is 3.44. The molecule has 4 heterocycles. The first-order valence-electron chi connectivity index (χ1n) is 8.22. The largest absolute Gasteiger partial charge is 0.459 e. The van der Waals surface area contributed by atoms with Crippen molar-refractivity contribution in [3.8, 4) is 0 Å². The van der Waals surface area contributed by atoms with Gasteiger partial charge in [-0.3, -0.25) is 14.3 Å². The van der Waals surface area contributed by atoms with Gasteiger partial charge in [-0.25, -0.2) is 0 Å². The molecular weight excluding hydrogens is 308 g/mol. The lowest BCUT2D eigenvalue weighted by atomic mass is 9.78. The summed E-state index contributed by atoms with van der Waals surface area (Å²) >= 11 is 0. The first-order chi connectivity index (χ1) is 11.6. The smallest absolute Gasteiger partial charge is 0.289 e. The molecule has 0 N–H and O–H groups in total. The van der Waals surface area contributed by atoms with Crippen molar-refractivity contribution < 1.29 is 14.0 Å².